The molecule has 0 unspecified atom stereocenters. The first-order valence-corrected chi connectivity index (χ1v) is 8.39. The molecule has 0 atom stereocenters. The van der Waals surface area contributed by atoms with Crippen molar-refractivity contribution >= 4 is 11.7 Å². The van der Waals surface area contributed by atoms with Crippen LogP contribution in [-0.2, 0) is 6.54 Å². The number of hydrogen-bond donors (Lipinski definition) is 1. The van der Waals surface area contributed by atoms with Gasteiger partial charge in [-0.05, 0) is 50.1 Å². The third-order valence-corrected chi connectivity index (χ3v) is 4.12. The molecule has 2 aromatic heterocycles. The number of nitrogens with zero attached hydrogens (tertiary/aromatic N) is 4. The molecule has 0 spiro atoms. The second-order valence-electron chi connectivity index (χ2n) is 6.06. The van der Waals surface area contributed by atoms with Crippen LogP contribution in [0.2, 0.25) is 0 Å². The predicted octanol–water partition coefficient (Wildman–Crippen LogP) is 2.99. The lowest BCUT2D eigenvalue weighted by Gasteiger charge is -2.19. The van der Waals surface area contributed by atoms with E-state index in [2.05, 4.69) is 15.1 Å². The zero-order chi connectivity index (χ0) is 18.7. The lowest BCUT2D eigenvalue weighted by molar-refractivity contribution is 0.0734. The molecule has 0 saturated heterocycles. The fraction of sp³-hybridized carbons (Fsp3) is 0.263. The SMILES string of the molecule is CCN(Cc1nc(C)no1)C(=O)c1cccc(-c2cnc(N)cc2C)c1. The Balaban J connectivity index is 1.87. The number of aromatic nitrogens is 3. The van der Waals surface area contributed by atoms with Gasteiger partial charge in [-0.2, -0.15) is 4.98 Å². The number of rotatable bonds is 5. The number of nitrogens with two attached hydrogens (primary N) is 1. The smallest absolute Gasteiger partial charge is 0.254 e. The Labute approximate surface area is 151 Å². The van der Waals surface area contributed by atoms with Gasteiger partial charge in [0.25, 0.3) is 5.91 Å². The van der Waals surface area contributed by atoms with Gasteiger partial charge in [0.05, 0.1) is 0 Å². The van der Waals surface area contributed by atoms with E-state index >= 15 is 0 Å². The minimum absolute atomic E-state index is 0.0914. The van der Waals surface area contributed by atoms with Gasteiger partial charge in [0.15, 0.2) is 5.82 Å². The number of anilines is 1. The van der Waals surface area contributed by atoms with Crippen LogP contribution in [0.15, 0.2) is 41.1 Å². The lowest BCUT2D eigenvalue weighted by Crippen LogP contribution is -2.30. The van der Waals surface area contributed by atoms with E-state index in [0.29, 0.717) is 29.6 Å². The largest absolute Gasteiger partial charge is 0.384 e. The Morgan fingerprint density at radius 3 is 2.73 bits per heavy atom. The predicted molar refractivity (Wildman–Crippen MR) is 98.3 cm³/mol. The van der Waals surface area contributed by atoms with E-state index < -0.39 is 0 Å². The van der Waals surface area contributed by atoms with Crippen LogP contribution < -0.4 is 5.73 Å². The number of carbonyl (C=O) groups is 1. The molecule has 0 saturated carbocycles. The normalized spacial score (nSPS) is 10.7. The minimum atomic E-state index is -0.0914. The minimum Gasteiger partial charge on any atom is -0.384 e. The highest BCUT2D eigenvalue weighted by Gasteiger charge is 2.18. The fourth-order valence-electron chi connectivity index (χ4n) is 2.78. The summed E-state index contributed by atoms with van der Waals surface area (Å²) in [4.78, 5) is 22.9. The maximum Gasteiger partial charge on any atom is 0.254 e. The third kappa shape index (κ3) is 3.72. The van der Waals surface area contributed by atoms with Gasteiger partial charge in [0, 0.05) is 23.9 Å². The summed E-state index contributed by atoms with van der Waals surface area (Å²) in [6.45, 7) is 6.45. The molecule has 26 heavy (non-hydrogen) atoms. The van der Waals surface area contributed by atoms with E-state index in [4.69, 9.17) is 10.3 Å². The maximum absolute atomic E-state index is 12.9. The molecule has 0 aliphatic rings. The van der Waals surface area contributed by atoms with Crippen molar-refractivity contribution in [2.45, 2.75) is 27.3 Å². The number of benzene rings is 1. The summed E-state index contributed by atoms with van der Waals surface area (Å²) in [5, 5.41) is 3.77. The van der Waals surface area contributed by atoms with Crippen molar-refractivity contribution in [3.05, 3.63) is 59.4 Å². The number of carbonyl (C=O) groups excluding carboxylic acids is 1. The summed E-state index contributed by atoms with van der Waals surface area (Å²) in [7, 11) is 0. The Kier molecular flexibility index (Phi) is 4.97. The molecule has 1 aromatic carbocycles. The molecule has 3 aromatic rings. The number of hydrogen-bond acceptors (Lipinski definition) is 6. The van der Waals surface area contributed by atoms with Crippen LogP contribution in [0, 0.1) is 13.8 Å². The molecule has 3 rings (SSSR count). The van der Waals surface area contributed by atoms with Gasteiger partial charge in [0.1, 0.15) is 12.4 Å². The maximum atomic E-state index is 12.9. The van der Waals surface area contributed by atoms with Crippen molar-refractivity contribution in [1.29, 1.82) is 0 Å². The van der Waals surface area contributed by atoms with Crippen LogP contribution in [0.3, 0.4) is 0 Å². The molecule has 0 aliphatic heterocycles. The molecule has 7 nitrogen and oxygen atoms in total. The van der Waals surface area contributed by atoms with Crippen LogP contribution in [-0.4, -0.2) is 32.5 Å². The summed E-state index contributed by atoms with van der Waals surface area (Å²) < 4.78 is 5.13. The highest BCUT2D eigenvalue weighted by molar-refractivity contribution is 5.95. The molecular weight excluding hydrogens is 330 g/mol. The Morgan fingerprint density at radius 2 is 2.08 bits per heavy atom. The molecule has 7 heteroatoms. The second-order valence-corrected chi connectivity index (χ2v) is 6.06. The first kappa shape index (κ1) is 17.6. The lowest BCUT2D eigenvalue weighted by atomic mass is 10.0. The molecule has 0 bridgehead atoms. The topological polar surface area (TPSA) is 98.1 Å². The summed E-state index contributed by atoms with van der Waals surface area (Å²) in [5.41, 5.74) is 9.20. The van der Waals surface area contributed by atoms with E-state index in [9.17, 15) is 4.79 Å². The molecule has 2 heterocycles. The van der Waals surface area contributed by atoms with Crippen molar-refractivity contribution < 1.29 is 9.32 Å². The molecule has 0 fully saturated rings. The summed E-state index contributed by atoms with van der Waals surface area (Å²) >= 11 is 0. The first-order valence-electron chi connectivity index (χ1n) is 8.39. The highest BCUT2D eigenvalue weighted by atomic mass is 16.5. The van der Waals surface area contributed by atoms with Gasteiger partial charge in [-0.15, -0.1) is 0 Å². The van der Waals surface area contributed by atoms with Gasteiger partial charge < -0.3 is 15.2 Å². The fourth-order valence-corrected chi connectivity index (χ4v) is 2.78. The van der Waals surface area contributed by atoms with Crippen LogP contribution in [0.1, 0.15) is 34.6 Å². The van der Waals surface area contributed by atoms with Crippen LogP contribution in [0.4, 0.5) is 5.82 Å². The van der Waals surface area contributed by atoms with E-state index in [1.54, 1.807) is 24.1 Å². The van der Waals surface area contributed by atoms with Gasteiger partial charge in [-0.1, -0.05) is 17.3 Å². The van der Waals surface area contributed by atoms with Gasteiger partial charge in [0.2, 0.25) is 5.89 Å². The molecule has 0 aliphatic carbocycles. The quantitative estimate of drug-likeness (QED) is 0.759. The molecule has 1 amide bonds. The number of nitrogen functional groups attached to an aromatic ring is 1. The summed E-state index contributed by atoms with van der Waals surface area (Å²) in [5.74, 6) is 1.36. The zero-order valence-corrected chi connectivity index (χ0v) is 15.1. The third-order valence-electron chi connectivity index (χ3n) is 4.12. The average Bonchev–Trinajstić information content (AvgIpc) is 3.04. The number of pyridine rings is 1. The molecule has 134 valence electrons. The van der Waals surface area contributed by atoms with Crippen molar-refractivity contribution in [2.75, 3.05) is 12.3 Å². The summed E-state index contributed by atoms with van der Waals surface area (Å²) in [6.07, 6.45) is 1.73. The monoisotopic (exact) mass is 351 g/mol. The van der Waals surface area contributed by atoms with Crippen LogP contribution in [0.25, 0.3) is 11.1 Å². The summed E-state index contributed by atoms with van der Waals surface area (Å²) in [6, 6.07) is 9.30. The van der Waals surface area contributed by atoms with Gasteiger partial charge >= 0.3 is 0 Å². The van der Waals surface area contributed by atoms with E-state index in [-0.39, 0.29) is 12.5 Å². The second kappa shape index (κ2) is 7.35. The van der Waals surface area contributed by atoms with Crippen molar-refractivity contribution in [3.8, 4) is 11.1 Å². The van der Waals surface area contributed by atoms with E-state index in [0.717, 1.165) is 16.7 Å². The Bertz CT molecular complexity index is 935. The number of aryl methyl sites for hydroxylation is 2. The van der Waals surface area contributed by atoms with E-state index in [1.165, 1.54) is 0 Å². The molecule has 2 N–H and O–H groups in total. The Hall–Kier alpha value is -3.22. The van der Waals surface area contributed by atoms with Crippen LogP contribution in [0.5, 0.6) is 0 Å². The molecule has 0 radical (unpaired) electrons. The van der Waals surface area contributed by atoms with Gasteiger partial charge in [-0.25, -0.2) is 4.98 Å². The standard InChI is InChI=1S/C19H21N5O2/c1-4-24(11-18-22-13(3)23-26-18)19(25)15-7-5-6-14(9-15)16-10-21-17(20)8-12(16)2/h5-10H,4,11H2,1-3H3,(H2,20,21). The zero-order valence-electron chi connectivity index (χ0n) is 15.1. The van der Waals surface area contributed by atoms with Crippen molar-refractivity contribution in [3.63, 3.8) is 0 Å². The molecular formula is C19H21N5O2. The van der Waals surface area contributed by atoms with E-state index in [1.807, 2.05) is 38.1 Å². The van der Waals surface area contributed by atoms with Crippen molar-refractivity contribution in [1.82, 2.24) is 20.0 Å². The average molecular weight is 351 g/mol. The Morgan fingerprint density at radius 1 is 1.27 bits per heavy atom. The van der Waals surface area contributed by atoms with Crippen molar-refractivity contribution in [2.24, 2.45) is 0 Å². The van der Waals surface area contributed by atoms with Gasteiger partial charge in [-0.3, -0.25) is 4.79 Å². The van der Waals surface area contributed by atoms with Crippen LogP contribution >= 0.6 is 0 Å². The number of amides is 1. The first-order chi connectivity index (χ1) is 12.5. The highest BCUT2D eigenvalue weighted by Crippen LogP contribution is 2.25.